The van der Waals surface area contributed by atoms with Gasteiger partial charge < -0.3 is 9.13 Å². The summed E-state index contributed by atoms with van der Waals surface area (Å²) < 4.78 is 4.91. The van der Waals surface area contributed by atoms with Gasteiger partial charge in [0.25, 0.3) is 0 Å². The minimum Gasteiger partial charge on any atom is -0.309 e. The topological polar surface area (TPSA) is 9.86 Å². The van der Waals surface area contributed by atoms with Crippen molar-refractivity contribution in [3.05, 3.63) is 192 Å². The summed E-state index contributed by atoms with van der Waals surface area (Å²) in [5.74, 6) is 0. The number of benzene rings is 6. The van der Waals surface area contributed by atoms with Crippen LogP contribution in [0.15, 0.2) is 170 Å². The van der Waals surface area contributed by atoms with Crippen molar-refractivity contribution in [3.63, 3.8) is 0 Å². The Morgan fingerprint density at radius 2 is 0.580 bits per heavy atom. The minimum atomic E-state index is 1.13. The van der Waals surface area contributed by atoms with Gasteiger partial charge in [0, 0.05) is 22.5 Å². The molecule has 0 aliphatic carbocycles. The zero-order valence-electron chi connectivity index (χ0n) is 29.1. The first kappa shape index (κ1) is 31.2. The maximum Gasteiger partial charge on any atom is 0.0614 e. The summed E-state index contributed by atoms with van der Waals surface area (Å²) in [6.07, 6.45) is 0. The monoisotopic (exact) mass is 644 g/mol. The van der Waals surface area contributed by atoms with Crippen LogP contribution in [0.4, 0.5) is 0 Å². The number of nitrogens with zero attached hydrogens (tertiary/aromatic N) is 2. The lowest BCUT2D eigenvalue weighted by atomic mass is 9.96. The second kappa shape index (κ2) is 13.1. The fraction of sp³-hybridized carbons (Fsp3) is 0.0833. The lowest BCUT2D eigenvalue weighted by Gasteiger charge is -2.17. The van der Waals surface area contributed by atoms with E-state index in [0.717, 1.165) is 22.8 Å². The third-order valence-corrected chi connectivity index (χ3v) is 9.67. The number of aromatic nitrogens is 2. The second-order valence-corrected chi connectivity index (χ2v) is 13.4. The van der Waals surface area contributed by atoms with Gasteiger partial charge in [0.2, 0.25) is 0 Å². The molecule has 6 aromatic carbocycles. The largest absolute Gasteiger partial charge is 0.309 e. The number of hydrogen-bond donors (Lipinski definition) is 0. The first-order valence-corrected chi connectivity index (χ1v) is 17.4. The Balaban J connectivity index is 1.54. The van der Waals surface area contributed by atoms with Gasteiger partial charge in [-0.15, -0.1) is 0 Å². The zero-order valence-corrected chi connectivity index (χ0v) is 29.1. The molecule has 8 aromatic rings. The van der Waals surface area contributed by atoms with Crippen LogP contribution in [0.1, 0.15) is 22.3 Å². The Morgan fingerprint density at radius 3 is 0.880 bits per heavy atom. The third-order valence-electron chi connectivity index (χ3n) is 9.67. The Hall–Kier alpha value is -6.12. The van der Waals surface area contributed by atoms with E-state index in [-0.39, 0.29) is 0 Å². The average molecular weight is 645 g/mol. The molecule has 0 fully saturated rings. The molecule has 2 heterocycles. The normalized spacial score (nSPS) is 11.2. The van der Waals surface area contributed by atoms with Crippen molar-refractivity contribution >= 4 is 0 Å². The molecule has 0 spiro atoms. The second-order valence-electron chi connectivity index (χ2n) is 13.4. The predicted molar refractivity (Wildman–Crippen MR) is 211 cm³/mol. The van der Waals surface area contributed by atoms with E-state index in [0.29, 0.717) is 0 Å². The van der Waals surface area contributed by atoms with Crippen molar-refractivity contribution in [1.29, 1.82) is 0 Å². The summed E-state index contributed by atoms with van der Waals surface area (Å²) >= 11 is 0. The molecule has 0 radical (unpaired) electrons. The van der Waals surface area contributed by atoms with E-state index >= 15 is 0 Å². The third kappa shape index (κ3) is 5.80. The van der Waals surface area contributed by atoms with E-state index in [1.165, 1.54) is 67.0 Å². The molecule has 242 valence electrons. The van der Waals surface area contributed by atoms with E-state index in [1.807, 2.05) is 0 Å². The Bertz CT molecular complexity index is 2220. The number of rotatable bonds is 7. The lowest BCUT2D eigenvalue weighted by Crippen LogP contribution is -2.01. The van der Waals surface area contributed by atoms with Crippen LogP contribution in [0.3, 0.4) is 0 Å². The van der Waals surface area contributed by atoms with E-state index in [4.69, 9.17) is 0 Å². The summed E-state index contributed by atoms with van der Waals surface area (Å²) in [5, 5.41) is 0. The maximum absolute atomic E-state index is 2.45. The Kier molecular flexibility index (Phi) is 8.14. The molecular weight excluding hydrogens is 605 g/mol. The molecule has 50 heavy (non-hydrogen) atoms. The molecule has 2 nitrogen and oxygen atoms in total. The molecule has 0 atom stereocenters. The number of aryl methyl sites for hydroxylation is 4. The summed E-state index contributed by atoms with van der Waals surface area (Å²) in [6, 6.07) is 62.2. The summed E-state index contributed by atoms with van der Waals surface area (Å²) in [7, 11) is 0. The van der Waals surface area contributed by atoms with Crippen LogP contribution < -0.4 is 0 Å². The van der Waals surface area contributed by atoms with Crippen LogP contribution in [0.5, 0.6) is 0 Å². The smallest absolute Gasteiger partial charge is 0.0614 e. The molecule has 0 bridgehead atoms. The van der Waals surface area contributed by atoms with E-state index in [1.54, 1.807) is 0 Å². The van der Waals surface area contributed by atoms with Crippen molar-refractivity contribution < 1.29 is 0 Å². The van der Waals surface area contributed by atoms with Gasteiger partial charge in [0.15, 0.2) is 0 Å². The highest BCUT2D eigenvalue weighted by atomic mass is 15.0. The van der Waals surface area contributed by atoms with Crippen molar-refractivity contribution in [1.82, 2.24) is 9.13 Å². The highest BCUT2D eigenvalue weighted by molar-refractivity contribution is 5.97. The summed E-state index contributed by atoms with van der Waals surface area (Å²) in [6.45, 7) is 8.61. The van der Waals surface area contributed by atoms with E-state index in [2.05, 4.69) is 207 Å². The van der Waals surface area contributed by atoms with Gasteiger partial charge in [0.1, 0.15) is 0 Å². The molecule has 0 saturated heterocycles. The highest BCUT2D eigenvalue weighted by Crippen LogP contribution is 2.48. The van der Waals surface area contributed by atoms with Gasteiger partial charge in [-0.2, -0.15) is 0 Å². The molecule has 0 aliphatic heterocycles. The van der Waals surface area contributed by atoms with Gasteiger partial charge in [-0.25, -0.2) is 0 Å². The molecule has 0 saturated carbocycles. The predicted octanol–water partition coefficient (Wildman–Crippen LogP) is 12.8. The standard InChI is InChI=1S/C48H40N2/c1-33-15-23-37(24-16-33)45-31-43(47(39-27-19-35(3)20-28-39)49(45)41-11-7-5-8-12-41)44-32-46(38-25-17-34(2)18-26-38)50(42-13-9-6-10-14-42)48(44)40-29-21-36(4)22-30-40/h5-32H,1-4H3. The Morgan fingerprint density at radius 1 is 0.300 bits per heavy atom. The average Bonchev–Trinajstić information content (AvgIpc) is 3.74. The van der Waals surface area contributed by atoms with Crippen LogP contribution in [-0.4, -0.2) is 9.13 Å². The van der Waals surface area contributed by atoms with Crippen LogP contribution >= 0.6 is 0 Å². The molecule has 8 rings (SSSR count). The minimum absolute atomic E-state index is 1.13. The van der Waals surface area contributed by atoms with Crippen molar-refractivity contribution in [2.75, 3.05) is 0 Å². The van der Waals surface area contributed by atoms with Crippen molar-refractivity contribution in [2.24, 2.45) is 0 Å². The fourth-order valence-corrected chi connectivity index (χ4v) is 6.99. The van der Waals surface area contributed by atoms with Gasteiger partial charge >= 0.3 is 0 Å². The number of hydrogen-bond acceptors (Lipinski definition) is 0. The first-order valence-electron chi connectivity index (χ1n) is 17.4. The number of para-hydroxylation sites is 2. The van der Waals surface area contributed by atoms with Gasteiger partial charge in [-0.3, -0.25) is 0 Å². The van der Waals surface area contributed by atoms with Gasteiger partial charge in [0.05, 0.1) is 22.8 Å². The lowest BCUT2D eigenvalue weighted by molar-refractivity contribution is 1.09. The van der Waals surface area contributed by atoms with Gasteiger partial charge in [-0.1, -0.05) is 156 Å². The van der Waals surface area contributed by atoms with Crippen molar-refractivity contribution in [2.45, 2.75) is 27.7 Å². The quantitative estimate of drug-likeness (QED) is 0.163. The van der Waals surface area contributed by atoms with Gasteiger partial charge in [-0.05, 0) is 86.3 Å². The summed E-state index contributed by atoms with van der Waals surface area (Å²) in [4.78, 5) is 0. The molecule has 0 amide bonds. The highest BCUT2D eigenvalue weighted by Gasteiger charge is 2.27. The Labute approximate surface area is 295 Å². The molecular formula is C48H40N2. The molecule has 0 N–H and O–H groups in total. The van der Waals surface area contributed by atoms with Crippen LogP contribution in [0.25, 0.3) is 67.5 Å². The van der Waals surface area contributed by atoms with E-state index < -0.39 is 0 Å². The molecule has 0 unspecified atom stereocenters. The van der Waals surface area contributed by atoms with E-state index in [9.17, 15) is 0 Å². The first-order chi connectivity index (χ1) is 24.4. The molecule has 2 heteroatoms. The van der Waals surface area contributed by atoms with Crippen LogP contribution in [-0.2, 0) is 0 Å². The molecule has 0 aliphatic rings. The zero-order chi connectivity index (χ0) is 34.2. The fourth-order valence-electron chi connectivity index (χ4n) is 6.99. The van der Waals surface area contributed by atoms with Crippen LogP contribution in [0.2, 0.25) is 0 Å². The maximum atomic E-state index is 2.45. The summed E-state index contributed by atoms with van der Waals surface area (Å²) in [5.41, 5.74) is 18.9. The van der Waals surface area contributed by atoms with Crippen molar-refractivity contribution in [3.8, 4) is 67.5 Å². The van der Waals surface area contributed by atoms with Crippen LogP contribution in [0, 0.1) is 27.7 Å². The molecule has 2 aromatic heterocycles. The SMILES string of the molecule is Cc1ccc(-c2cc(-c3cc(-c4ccc(C)cc4)n(-c4ccccc4)c3-c3ccc(C)cc3)c(-c3ccc(C)cc3)n2-c2ccccc2)cc1.